The van der Waals surface area contributed by atoms with Crippen LogP contribution in [-0.2, 0) is 4.74 Å². The molecule has 1 saturated heterocycles. The fraction of sp³-hybridized carbons (Fsp3) is 0.353. The maximum atomic E-state index is 6.29. The second kappa shape index (κ2) is 7.30. The van der Waals surface area contributed by atoms with Gasteiger partial charge in [0.25, 0.3) is 0 Å². The van der Waals surface area contributed by atoms with Crippen LogP contribution in [0.2, 0.25) is 5.02 Å². The summed E-state index contributed by atoms with van der Waals surface area (Å²) in [5, 5.41) is 4.11. The van der Waals surface area contributed by atoms with Crippen LogP contribution in [0, 0.1) is 0 Å². The molecule has 26 heavy (non-hydrogen) atoms. The fourth-order valence-electron chi connectivity index (χ4n) is 3.00. The number of hydrogen-bond acceptors (Lipinski definition) is 7. The van der Waals surface area contributed by atoms with Crippen molar-refractivity contribution in [3.8, 4) is 5.75 Å². The lowest BCUT2D eigenvalue weighted by atomic mass is 10.2. The molecule has 0 bridgehead atoms. The van der Waals surface area contributed by atoms with Crippen molar-refractivity contribution in [2.24, 2.45) is 0 Å². The van der Waals surface area contributed by atoms with Gasteiger partial charge in [0, 0.05) is 12.7 Å². The number of thiol groups is 1. The lowest BCUT2D eigenvalue weighted by molar-refractivity contribution is -0.0298. The first-order valence-corrected chi connectivity index (χ1v) is 9.14. The van der Waals surface area contributed by atoms with E-state index in [9.17, 15) is 0 Å². The number of fused-ring (bicyclic) bond motifs is 1. The molecule has 9 heteroatoms. The van der Waals surface area contributed by atoms with Crippen LogP contribution < -0.4 is 10.1 Å². The first kappa shape index (κ1) is 17.4. The van der Waals surface area contributed by atoms with Crippen LogP contribution in [0.4, 0.5) is 11.5 Å². The highest BCUT2D eigenvalue weighted by Crippen LogP contribution is 2.33. The Bertz CT molecular complexity index is 942. The lowest BCUT2D eigenvalue weighted by Gasteiger charge is -2.23. The number of benzene rings is 1. The van der Waals surface area contributed by atoms with E-state index in [1.54, 1.807) is 31.6 Å². The van der Waals surface area contributed by atoms with E-state index in [0.717, 1.165) is 25.9 Å². The third-order valence-corrected chi connectivity index (χ3v) is 4.83. The Hall–Kier alpha value is -2.03. The highest BCUT2D eigenvalue weighted by atomic mass is 35.5. The average molecular weight is 392 g/mol. The summed E-state index contributed by atoms with van der Waals surface area (Å²) in [6.07, 6.45) is 4.80. The molecular weight excluding hydrogens is 374 g/mol. The van der Waals surface area contributed by atoms with Gasteiger partial charge in [0.05, 0.1) is 24.1 Å². The van der Waals surface area contributed by atoms with Crippen molar-refractivity contribution in [1.29, 1.82) is 0 Å². The second-order valence-corrected chi connectivity index (χ2v) is 6.80. The molecule has 1 fully saturated rings. The molecule has 1 atom stereocenters. The minimum absolute atomic E-state index is 0.0651. The molecule has 0 radical (unpaired) electrons. The van der Waals surface area contributed by atoms with E-state index >= 15 is 0 Å². The number of ether oxygens (including phenoxy) is 2. The molecule has 1 aliphatic rings. The van der Waals surface area contributed by atoms with Gasteiger partial charge in [-0.15, -0.1) is 12.6 Å². The summed E-state index contributed by atoms with van der Waals surface area (Å²) in [5.74, 6) is 1.22. The van der Waals surface area contributed by atoms with Gasteiger partial charge in [-0.2, -0.15) is 0 Å². The normalized spacial score (nSPS) is 17.4. The van der Waals surface area contributed by atoms with Gasteiger partial charge in [-0.25, -0.2) is 15.0 Å². The summed E-state index contributed by atoms with van der Waals surface area (Å²) in [4.78, 5) is 13.3. The van der Waals surface area contributed by atoms with E-state index < -0.39 is 0 Å². The molecule has 0 aliphatic carbocycles. The number of rotatable bonds is 4. The molecule has 0 amide bonds. The van der Waals surface area contributed by atoms with Gasteiger partial charge in [0.15, 0.2) is 22.1 Å². The number of anilines is 2. The van der Waals surface area contributed by atoms with Gasteiger partial charge in [-0.3, -0.25) is 4.57 Å². The topological polar surface area (TPSA) is 74.1 Å². The van der Waals surface area contributed by atoms with Crippen LogP contribution in [0.15, 0.2) is 29.7 Å². The molecule has 1 aromatic carbocycles. The molecule has 3 heterocycles. The number of nitrogens with zero attached hydrogens (tertiary/aromatic N) is 4. The van der Waals surface area contributed by atoms with Crippen LogP contribution >= 0.6 is 24.2 Å². The Balaban J connectivity index is 1.75. The van der Waals surface area contributed by atoms with Crippen molar-refractivity contribution >= 4 is 46.9 Å². The van der Waals surface area contributed by atoms with Gasteiger partial charge >= 0.3 is 0 Å². The first-order chi connectivity index (χ1) is 12.7. The van der Waals surface area contributed by atoms with Crippen molar-refractivity contribution in [3.05, 3.63) is 29.5 Å². The fourth-order valence-corrected chi connectivity index (χ4v) is 3.36. The SMILES string of the molecule is COc1ccc(Cl)c(Nc2nc(S)nc3c2ncn3C2CCCCO2)c1. The molecule has 4 rings (SSSR count). The number of nitrogens with one attached hydrogen (secondary N) is 1. The summed E-state index contributed by atoms with van der Waals surface area (Å²) in [6, 6.07) is 5.36. The zero-order valence-corrected chi connectivity index (χ0v) is 15.8. The molecule has 7 nitrogen and oxygen atoms in total. The Labute approximate surface area is 161 Å². The van der Waals surface area contributed by atoms with E-state index in [1.807, 2.05) is 4.57 Å². The number of aromatic nitrogens is 4. The minimum atomic E-state index is -0.0651. The number of hydrogen-bond donors (Lipinski definition) is 2. The summed E-state index contributed by atoms with van der Waals surface area (Å²) in [7, 11) is 1.60. The molecule has 3 aromatic rings. The largest absolute Gasteiger partial charge is 0.497 e. The second-order valence-electron chi connectivity index (χ2n) is 5.99. The predicted molar refractivity (Wildman–Crippen MR) is 103 cm³/mol. The molecule has 1 unspecified atom stereocenters. The zero-order chi connectivity index (χ0) is 18.1. The summed E-state index contributed by atoms with van der Waals surface area (Å²) < 4.78 is 13.1. The maximum Gasteiger partial charge on any atom is 0.188 e. The summed E-state index contributed by atoms with van der Waals surface area (Å²) in [6.45, 7) is 0.744. The van der Waals surface area contributed by atoms with E-state index in [0.29, 0.717) is 38.6 Å². The molecule has 1 N–H and O–H groups in total. The third-order valence-electron chi connectivity index (χ3n) is 4.30. The van der Waals surface area contributed by atoms with Crippen LogP contribution in [0.5, 0.6) is 5.75 Å². The molecular formula is C17H18ClN5O2S. The van der Waals surface area contributed by atoms with Gasteiger partial charge in [0.1, 0.15) is 12.0 Å². The Morgan fingerprint density at radius 1 is 1.35 bits per heavy atom. The van der Waals surface area contributed by atoms with Crippen molar-refractivity contribution in [2.75, 3.05) is 19.0 Å². The van der Waals surface area contributed by atoms with Crippen molar-refractivity contribution in [2.45, 2.75) is 30.6 Å². The number of methoxy groups -OCH3 is 1. The standard InChI is InChI=1S/C17H18ClN5O2S/c1-24-10-5-6-11(18)12(8-10)20-15-14-16(22-17(26)21-15)23(9-19-14)13-4-2-3-7-25-13/h5-6,8-9,13H,2-4,7H2,1H3,(H2,20,21,22,26). The van der Waals surface area contributed by atoms with Gasteiger partial charge in [-0.1, -0.05) is 11.6 Å². The quantitative estimate of drug-likeness (QED) is 0.512. The molecule has 136 valence electrons. The van der Waals surface area contributed by atoms with Crippen molar-refractivity contribution in [1.82, 2.24) is 19.5 Å². The van der Waals surface area contributed by atoms with E-state index in [1.165, 1.54) is 0 Å². The predicted octanol–water partition coefficient (Wildman–Crippen LogP) is 4.22. The summed E-state index contributed by atoms with van der Waals surface area (Å²) in [5.41, 5.74) is 1.98. The molecule has 1 aliphatic heterocycles. The van der Waals surface area contributed by atoms with Crippen LogP contribution in [0.1, 0.15) is 25.5 Å². The van der Waals surface area contributed by atoms with Crippen LogP contribution in [0.3, 0.4) is 0 Å². The Morgan fingerprint density at radius 2 is 2.23 bits per heavy atom. The maximum absolute atomic E-state index is 6.29. The Kier molecular flexibility index (Phi) is 4.88. The van der Waals surface area contributed by atoms with Crippen molar-refractivity contribution < 1.29 is 9.47 Å². The highest BCUT2D eigenvalue weighted by molar-refractivity contribution is 7.80. The molecule has 0 spiro atoms. The first-order valence-electron chi connectivity index (χ1n) is 8.31. The number of imidazole rings is 1. The van der Waals surface area contributed by atoms with Gasteiger partial charge < -0.3 is 14.8 Å². The van der Waals surface area contributed by atoms with Crippen molar-refractivity contribution in [3.63, 3.8) is 0 Å². The van der Waals surface area contributed by atoms with Crippen LogP contribution in [-0.4, -0.2) is 33.2 Å². The van der Waals surface area contributed by atoms with E-state index in [2.05, 4.69) is 32.9 Å². The number of halogens is 1. The smallest absolute Gasteiger partial charge is 0.188 e. The van der Waals surface area contributed by atoms with Crippen LogP contribution in [0.25, 0.3) is 11.2 Å². The lowest BCUT2D eigenvalue weighted by Crippen LogP contribution is -2.17. The van der Waals surface area contributed by atoms with E-state index in [-0.39, 0.29) is 6.23 Å². The molecule has 2 aromatic heterocycles. The summed E-state index contributed by atoms with van der Waals surface area (Å²) >= 11 is 10.6. The van der Waals surface area contributed by atoms with Gasteiger partial charge in [-0.05, 0) is 31.4 Å². The third kappa shape index (κ3) is 3.32. The zero-order valence-electron chi connectivity index (χ0n) is 14.1. The molecule has 0 saturated carbocycles. The monoisotopic (exact) mass is 391 g/mol. The van der Waals surface area contributed by atoms with E-state index in [4.69, 9.17) is 21.1 Å². The Morgan fingerprint density at radius 3 is 3.00 bits per heavy atom. The highest BCUT2D eigenvalue weighted by Gasteiger charge is 2.21. The minimum Gasteiger partial charge on any atom is -0.497 e. The van der Waals surface area contributed by atoms with Gasteiger partial charge in [0.2, 0.25) is 0 Å². The average Bonchev–Trinajstić information content (AvgIpc) is 3.08.